The molecular formula is C12H22O2. The lowest BCUT2D eigenvalue weighted by molar-refractivity contribution is -0.138. The Bertz CT molecular complexity index is 197. The highest BCUT2D eigenvalue weighted by Crippen LogP contribution is 2.30. The molecular weight excluding hydrogens is 176 g/mol. The van der Waals surface area contributed by atoms with Gasteiger partial charge >= 0.3 is 0 Å². The Balaban J connectivity index is 2.55. The van der Waals surface area contributed by atoms with Gasteiger partial charge in [-0.25, -0.2) is 0 Å². The number of ketones is 1. The molecule has 0 radical (unpaired) electrons. The molecule has 1 unspecified atom stereocenters. The summed E-state index contributed by atoms with van der Waals surface area (Å²) in [5, 5.41) is 9.93. The largest absolute Gasteiger partial charge is 0.385 e. The minimum Gasteiger partial charge on any atom is -0.385 e. The fraction of sp³-hybridized carbons (Fsp3) is 0.917. The molecule has 1 aliphatic carbocycles. The van der Waals surface area contributed by atoms with Crippen molar-refractivity contribution in [2.24, 2.45) is 11.3 Å². The van der Waals surface area contributed by atoms with E-state index >= 15 is 0 Å². The van der Waals surface area contributed by atoms with E-state index in [-0.39, 0.29) is 11.7 Å². The van der Waals surface area contributed by atoms with E-state index in [0.717, 1.165) is 12.8 Å². The van der Waals surface area contributed by atoms with Crippen molar-refractivity contribution in [2.45, 2.75) is 59.0 Å². The number of Topliss-reactive ketones (excluding diaryl/α,β-unsaturated/α-hetero) is 1. The molecule has 0 saturated heterocycles. The molecule has 0 heterocycles. The number of carbonyl (C=O) groups is 1. The lowest BCUT2D eigenvalue weighted by Gasteiger charge is -2.29. The average Bonchev–Trinajstić information content (AvgIpc) is 2.15. The topological polar surface area (TPSA) is 37.3 Å². The molecule has 0 aromatic rings. The molecule has 0 aromatic carbocycles. The van der Waals surface area contributed by atoms with Gasteiger partial charge in [-0.3, -0.25) is 4.79 Å². The summed E-state index contributed by atoms with van der Waals surface area (Å²) in [6.07, 6.45) is 4.90. The summed E-state index contributed by atoms with van der Waals surface area (Å²) in [6.45, 7) is 5.63. The number of aliphatic hydroxyl groups excluding tert-OH is 1. The van der Waals surface area contributed by atoms with Crippen LogP contribution in [0.3, 0.4) is 0 Å². The van der Waals surface area contributed by atoms with Gasteiger partial charge < -0.3 is 5.11 Å². The van der Waals surface area contributed by atoms with Crippen LogP contribution in [0.25, 0.3) is 0 Å². The second kappa shape index (κ2) is 4.43. The van der Waals surface area contributed by atoms with Crippen LogP contribution in [0.5, 0.6) is 0 Å². The quantitative estimate of drug-likeness (QED) is 0.740. The van der Waals surface area contributed by atoms with Gasteiger partial charge in [0.2, 0.25) is 0 Å². The van der Waals surface area contributed by atoms with E-state index < -0.39 is 11.5 Å². The number of aliphatic hydroxyl groups is 1. The van der Waals surface area contributed by atoms with Gasteiger partial charge in [0.25, 0.3) is 0 Å². The van der Waals surface area contributed by atoms with Gasteiger partial charge in [0, 0.05) is 5.41 Å². The Morgan fingerprint density at radius 3 is 2.14 bits per heavy atom. The first-order chi connectivity index (χ1) is 6.43. The van der Waals surface area contributed by atoms with E-state index in [2.05, 4.69) is 0 Å². The van der Waals surface area contributed by atoms with Gasteiger partial charge in [-0.1, -0.05) is 40.0 Å². The first kappa shape index (κ1) is 11.7. The molecule has 0 spiro atoms. The molecule has 14 heavy (non-hydrogen) atoms. The van der Waals surface area contributed by atoms with Crippen LogP contribution in [-0.4, -0.2) is 17.0 Å². The molecule has 1 saturated carbocycles. The van der Waals surface area contributed by atoms with E-state index in [0.29, 0.717) is 0 Å². The molecule has 0 amide bonds. The predicted octanol–water partition coefficient (Wildman–Crippen LogP) is 2.54. The molecule has 1 aliphatic rings. The Labute approximate surface area is 86.7 Å². The number of carbonyl (C=O) groups excluding carboxylic acids is 1. The molecule has 0 bridgehead atoms. The SMILES string of the molecule is CC(C)(C)C(=O)C(O)C1CCCCC1. The van der Waals surface area contributed by atoms with Gasteiger partial charge in [-0.05, 0) is 18.8 Å². The van der Waals surface area contributed by atoms with Crippen LogP contribution in [0.15, 0.2) is 0 Å². The summed E-state index contributed by atoms with van der Waals surface area (Å²) in [5.74, 6) is 0.222. The standard InChI is InChI=1S/C12H22O2/c1-12(2,3)11(14)10(13)9-7-5-4-6-8-9/h9-10,13H,4-8H2,1-3H3. The van der Waals surface area contributed by atoms with Crippen molar-refractivity contribution in [3.8, 4) is 0 Å². The summed E-state index contributed by atoms with van der Waals surface area (Å²) in [7, 11) is 0. The molecule has 1 fully saturated rings. The van der Waals surface area contributed by atoms with Gasteiger partial charge in [0.15, 0.2) is 5.78 Å². The van der Waals surface area contributed by atoms with Crippen molar-refractivity contribution in [3.05, 3.63) is 0 Å². The monoisotopic (exact) mass is 198 g/mol. The summed E-state index contributed by atoms with van der Waals surface area (Å²) < 4.78 is 0. The fourth-order valence-corrected chi connectivity index (χ4v) is 2.11. The van der Waals surface area contributed by atoms with Crippen LogP contribution < -0.4 is 0 Å². The van der Waals surface area contributed by atoms with Gasteiger partial charge in [-0.15, -0.1) is 0 Å². The Morgan fingerprint density at radius 1 is 1.21 bits per heavy atom. The summed E-state index contributed by atoms with van der Waals surface area (Å²) in [4.78, 5) is 11.8. The maximum Gasteiger partial charge on any atom is 0.166 e. The molecule has 2 heteroatoms. The van der Waals surface area contributed by atoms with Crippen LogP contribution in [0, 0.1) is 11.3 Å². The average molecular weight is 198 g/mol. The lowest BCUT2D eigenvalue weighted by atomic mass is 9.78. The van der Waals surface area contributed by atoms with Gasteiger partial charge in [0.05, 0.1) is 0 Å². The molecule has 0 aliphatic heterocycles. The normalized spacial score (nSPS) is 22.0. The Hall–Kier alpha value is -0.370. The van der Waals surface area contributed by atoms with Crippen molar-refractivity contribution in [1.82, 2.24) is 0 Å². The highest BCUT2D eigenvalue weighted by atomic mass is 16.3. The van der Waals surface area contributed by atoms with Crippen LogP contribution >= 0.6 is 0 Å². The molecule has 1 rings (SSSR count). The summed E-state index contributed by atoms with van der Waals surface area (Å²) >= 11 is 0. The third kappa shape index (κ3) is 2.81. The Kier molecular flexibility index (Phi) is 3.71. The minimum absolute atomic E-state index is 0.00407. The Morgan fingerprint density at radius 2 is 1.71 bits per heavy atom. The number of rotatable bonds is 2. The molecule has 0 aromatic heterocycles. The molecule has 82 valence electrons. The van der Waals surface area contributed by atoms with Crippen molar-refractivity contribution >= 4 is 5.78 Å². The number of hydrogen-bond acceptors (Lipinski definition) is 2. The lowest BCUT2D eigenvalue weighted by Crippen LogP contribution is -2.38. The zero-order chi connectivity index (χ0) is 10.8. The first-order valence-corrected chi connectivity index (χ1v) is 5.65. The summed E-state index contributed by atoms with van der Waals surface area (Å²) in [5.41, 5.74) is -0.406. The highest BCUT2D eigenvalue weighted by molar-refractivity contribution is 5.87. The zero-order valence-corrected chi connectivity index (χ0v) is 9.55. The van der Waals surface area contributed by atoms with Crippen molar-refractivity contribution in [2.75, 3.05) is 0 Å². The van der Waals surface area contributed by atoms with Gasteiger partial charge in [-0.2, -0.15) is 0 Å². The van der Waals surface area contributed by atoms with Gasteiger partial charge in [0.1, 0.15) is 6.10 Å². The third-order valence-electron chi connectivity index (χ3n) is 3.10. The van der Waals surface area contributed by atoms with E-state index in [1.165, 1.54) is 19.3 Å². The predicted molar refractivity (Wildman–Crippen MR) is 57.0 cm³/mol. The van der Waals surface area contributed by atoms with E-state index in [4.69, 9.17) is 0 Å². The molecule has 2 nitrogen and oxygen atoms in total. The molecule has 1 N–H and O–H groups in total. The maximum absolute atomic E-state index is 11.8. The van der Waals surface area contributed by atoms with Crippen LogP contribution in [0.4, 0.5) is 0 Å². The fourth-order valence-electron chi connectivity index (χ4n) is 2.11. The number of hydrogen-bond donors (Lipinski definition) is 1. The van der Waals surface area contributed by atoms with Crippen molar-refractivity contribution < 1.29 is 9.90 Å². The maximum atomic E-state index is 11.8. The van der Waals surface area contributed by atoms with E-state index in [1.54, 1.807) is 0 Å². The van der Waals surface area contributed by atoms with Crippen molar-refractivity contribution in [1.29, 1.82) is 0 Å². The first-order valence-electron chi connectivity index (χ1n) is 5.65. The smallest absolute Gasteiger partial charge is 0.166 e. The minimum atomic E-state index is -0.727. The highest BCUT2D eigenvalue weighted by Gasteiger charge is 2.33. The van der Waals surface area contributed by atoms with E-state index in [1.807, 2.05) is 20.8 Å². The molecule has 1 atom stereocenters. The third-order valence-corrected chi connectivity index (χ3v) is 3.10. The summed E-state index contributed by atoms with van der Waals surface area (Å²) in [6, 6.07) is 0. The van der Waals surface area contributed by atoms with Crippen LogP contribution in [-0.2, 0) is 4.79 Å². The van der Waals surface area contributed by atoms with E-state index in [9.17, 15) is 9.90 Å². The van der Waals surface area contributed by atoms with Crippen LogP contribution in [0.2, 0.25) is 0 Å². The van der Waals surface area contributed by atoms with Crippen molar-refractivity contribution in [3.63, 3.8) is 0 Å². The second-order valence-corrected chi connectivity index (χ2v) is 5.46. The van der Waals surface area contributed by atoms with Crippen LogP contribution in [0.1, 0.15) is 52.9 Å². The zero-order valence-electron chi connectivity index (χ0n) is 9.55. The second-order valence-electron chi connectivity index (χ2n) is 5.46.